The zero-order valence-corrected chi connectivity index (χ0v) is 17.0. The number of thiazole rings is 1. The molecule has 0 spiro atoms. The van der Waals surface area contributed by atoms with Crippen LogP contribution in [0.5, 0.6) is 17.2 Å². The molecule has 0 aliphatic carbocycles. The number of nitrogens with one attached hydrogen (secondary N) is 1. The number of aromatic nitrogens is 1. The van der Waals surface area contributed by atoms with Gasteiger partial charge in [-0.15, -0.1) is 11.3 Å². The molecule has 29 heavy (non-hydrogen) atoms. The third-order valence-electron chi connectivity index (χ3n) is 4.07. The number of ether oxygens (including phenoxy) is 3. The number of benzene rings is 1. The van der Waals surface area contributed by atoms with Crippen molar-refractivity contribution in [2.24, 2.45) is 0 Å². The number of halogens is 3. The van der Waals surface area contributed by atoms with E-state index in [1.165, 1.54) is 33.6 Å². The van der Waals surface area contributed by atoms with Crippen LogP contribution in [0.2, 0.25) is 0 Å². The van der Waals surface area contributed by atoms with Crippen LogP contribution in [0.1, 0.15) is 22.7 Å². The Morgan fingerprint density at radius 1 is 1.17 bits per heavy atom. The molecule has 0 radical (unpaired) electrons. The summed E-state index contributed by atoms with van der Waals surface area (Å²) in [4.78, 5) is 15.9. The lowest BCUT2D eigenvalue weighted by molar-refractivity contribution is -0.267. The van der Waals surface area contributed by atoms with Gasteiger partial charge in [-0.1, -0.05) is 0 Å². The number of carbonyl (C=O) groups excluding carboxylic acids is 1. The summed E-state index contributed by atoms with van der Waals surface area (Å²) in [6.45, 7) is 1.39. The number of amides is 1. The van der Waals surface area contributed by atoms with Gasteiger partial charge in [-0.3, -0.25) is 4.79 Å². The summed E-state index contributed by atoms with van der Waals surface area (Å²) < 4.78 is 56.1. The molecule has 2 N–H and O–H groups in total. The Morgan fingerprint density at radius 2 is 1.76 bits per heavy atom. The summed E-state index contributed by atoms with van der Waals surface area (Å²) in [7, 11) is 4.26. The third kappa shape index (κ3) is 4.91. The minimum Gasteiger partial charge on any atom is -0.493 e. The summed E-state index contributed by atoms with van der Waals surface area (Å²) in [5, 5.41) is 13.4. The molecule has 11 heteroatoms. The Morgan fingerprint density at radius 3 is 2.17 bits per heavy atom. The van der Waals surface area contributed by atoms with Gasteiger partial charge in [-0.25, -0.2) is 4.98 Å². The van der Waals surface area contributed by atoms with Crippen molar-refractivity contribution < 1.29 is 37.3 Å². The maximum atomic E-state index is 13.5. The Kier molecular flexibility index (Phi) is 6.96. The van der Waals surface area contributed by atoms with E-state index in [2.05, 4.69) is 10.3 Å². The van der Waals surface area contributed by atoms with Crippen molar-refractivity contribution in [3.63, 3.8) is 0 Å². The summed E-state index contributed by atoms with van der Waals surface area (Å²) >= 11 is 0.646. The fraction of sp³-hybridized carbons (Fsp3) is 0.444. The van der Waals surface area contributed by atoms with Crippen molar-refractivity contribution >= 4 is 17.2 Å². The number of alkyl halides is 3. The average molecular weight is 434 g/mol. The largest absolute Gasteiger partial charge is 0.493 e. The van der Waals surface area contributed by atoms with Crippen molar-refractivity contribution in [3.05, 3.63) is 33.8 Å². The monoisotopic (exact) mass is 434 g/mol. The predicted molar refractivity (Wildman–Crippen MR) is 99.4 cm³/mol. The van der Waals surface area contributed by atoms with Gasteiger partial charge in [-0.05, 0) is 24.6 Å². The maximum absolute atomic E-state index is 13.5. The molecular formula is C18H21F3N2O5S. The molecular weight excluding hydrogens is 413 g/mol. The normalized spacial score (nSPS) is 13.5. The van der Waals surface area contributed by atoms with Gasteiger partial charge in [0.15, 0.2) is 11.5 Å². The van der Waals surface area contributed by atoms with E-state index >= 15 is 0 Å². The first-order chi connectivity index (χ1) is 13.6. The van der Waals surface area contributed by atoms with Gasteiger partial charge in [0.25, 0.3) is 0 Å². The summed E-state index contributed by atoms with van der Waals surface area (Å²) in [6.07, 6.45) is -6.28. The molecule has 1 aromatic carbocycles. The second kappa shape index (κ2) is 8.87. The zero-order chi connectivity index (χ0) is 21.8. The standard InChI is InChI=1S/C18H21F3N2O5S/c1-10-9-29-16(23-10)17(25,18(19,20)21)7-14(24)22-8-11-5-12(26-2)15(28-4)13(6-11)27-3/h5-6,9,25H,7-8H2,1-4H3,(H,22,24)/t17-/m1/s1. The number of carbonyl (C=O) groups is 1. The van der Waals surface area contributed by atoms with Crippen molar-refractivity contribution in [1.82, 2.24) is 10.3 Å². The van der Waals surface area contributed by atoms with Crippen LogP contribution in [0.15, 0.2) is 17.5 Å². The zero-order valence-electron chi connectivity index (χ0n) is 16.2. The minimum absolute atomic E-state index is 0.111. The lowest BCUT2D eigenvalue weighted by atomic mass is 9.99. The third-order valence-corrected chi connectivity index (χ3v) is 5.18. The molecule has 160 valence electrons. The average Bonchev–Trinajstić information content (AvgIpc) is 3.11. The molecule has 2 aromatic rings. The molecule has 0 saturated heterocycles. The number of rotatable bonds is 8. The van der Waals surface area contributed by atoms with E-state index in [1.54, 1.807) is 12.1 Å². The van der Waals surface area contributed by atoms with Gasteiger partial charge in [0.1, 0.15) is 5.01 Å². The van der Waals surface area contributed by atoms with Crippen LogP contribution in [0.25, 0.3) is 0 Å². The first-order valence-electron chi connectivity index (χ1n) is 8.33. The maximum Gasteiger partial charge on any atom is 0.424 e. The van der Waals surface area contributed by atoms with Crippen molar-refractivity contribution in [2.45, 2.75) is 31.7 Å². The van der Waals surface area contributed by atoms with E-state index in [-0.39, 0.29) is 6.54 Å². The molecule has 0 aliphatic rings. The van der Waals surface area contributed by atoms with Gasteiger partial charge < -0.3 is 24.6 Å². The summed E-state index contributed by atoms with van der Waals surface area (Å²) in [6, 6.07) is 3.11. The Labute approximate surface area is 169 Å². The molecule has 1 heterocycles. The van der Waals surface area contributed by atoms with Crippen LogP contribution < -0.4 is 19.5 Å². The quantitative estimate of drug-likeness (QED) is 0.664. The van der Waals surface area contributed by atoms with Crippen LogP contribution in [0, 0.1) is 6.92 Å². The lowest BCUT2D eigenvalue weighted by Gasteiger charge is -2.27. The van der Waals surface area contributed by atoms with E-state index < -0.39 is 29.1 Å². The smallest absolute Gasteiger partial charge is 0.424 e. The van der Waals surface area contributed by atoms with Gasteiger partial charge in [0.2, 0.25) is 17.3 Å². The molecule has 1 aromatic heterocycles. The van der Waals surface area contributed by atoms with Crippen molar-refractivity contribution in [2.75, 3.05) is 21.3 Å². The van der Waals surface area contributed by atoms with Crippen LogP contribution in [0.4, 0.5) is 13.2 Å². The van der Waals surface area contributed by atoms with Crippen LogP contribution >= 0.6 is 11.3 Å². The number of methoxy groups -OCH3 is 3. The number of hydrogen-bond donors (Lipinski definition) is 2. The van der Waals surface area contributed by atoms with Gasteiger partial charge >= 0.3 is 6.18 Å². The van der Waals surface area contributed by atoms with E-state index in [1.807, 2.05) is 0 Å². The van der Waals surface area contributed by atoms with Gasteiger partial charge in [0, 0.05) is 17.6 Å². The number of nitrogens with zero attached hydrogens (tertiary/aromatic N) is 1. The SMILES string of the molecule is COc1cc(CNC(=O)C[C@@](O)(c2nc(C)cs2)C(F)(F)F)cc(OC)c1OC. The first kappa shape index (κ1) is 22.8. The molecule has 2 rings (SSSR count). The molecule has 0 fully saturated rings. The highest BCUT2D eigenvalue weighted by Crippen LogP contribution is 2.43. The highest BCUT2D eigenvalue weighted by molar-refractivity contribution is 7.09. The van der Waals surface area contributed by atoms with Crippen LogP contribution in [-0.2, 0) is 16.9 Å². The topological polar surface area (TPSA) is 89.9 Å². The van der Waals surface area contributed by atoms with Crippen LogP contribution in [-0.4, -0.2) is 43.5 Å². The van der Waals surface area contributed by atoms with Crippen molar-refractivity contribution in [3.8, 4) is 17.2 Å². The van der Waals surface area contributed by atoms with E-state index in [0.717, 1.165) is 0 Å². The van der Waals surface area contributed by atoms with Gasteiger partial charge in [-0.2, -0.15) is 13.2 Å². The highest BCUT2D eigenvalue weighted by Gasteiger charge is 2.58. The molecule has 0 unspecified atom stereocenters. The van der Waals surface area contributed by atoms with E-state index in [4.69, 9.17) is 14.2 Å². The Hall–Kier alpha value is -2.53. The van der Waals surface area contributed by atoms with Crippen molar-refractivity contribution in [1.29, 1.82) is 0 Å². The second-order valence-electron chi connectivity index (χ2n) is 6.14. The lowest BCUT2D eigenvalue weighted by Crippen LogP contribution is -2.46. The summed E-state index contributed by atoms with van der Waals surface area (Å²) in [5.41, 5.74) is -2.54. The predicted octanol–water partition coefficient (Wildman–Crippen LogP) is 2.93. The molecule has 1 atom stereocenters. The molecule has 0 aliphatic heterocycles. The van der Waals surface area contributed by atoms with Crippen LogP contribution in [0.3, 0.4) is 0 Å². The first-order valence-corrected chi connectivity index (χ1v) is 9.21. The van der Waals surface area contributed by atoms with E-state index in [0.29, 0.717) is 39.8 Å². The molecule has 0 bridgehead atoms. The minimum atomic E-state index is -5.07. The Bertz CT molecular complexity index is 846. The number of aliphatic hydroxyl groups is 1. The molecule has 0 saturated carbocycles. The fourth-order valence-electron chi connectivity index (χ4n) is 2.57. The Balaban J connectivity index is 2.18. The summed E-state index contributed by atoms with van der Waals surface area (Å²) in [5.74, 6) is 0.0180. The van der Waals surface area contributed by atoms with Gasteiger partial charge in [0.05, 0.1) is 27.8 Å². The highest BCUT2D eigenvalue weighted by atomic mass is 32.1. The number of aryl methyl sites for hydroxylation is 1. The fourth-order valence-corrected chi connectivity index (χ4v) is 3.49. The molecule has 7 nitrogen and oxygen atoms in total. The second-order valence-corrected chi connectivity index (χ2v) is 7.00. The van der Waals surface area contributed by atoms with E-state index in [9.17, 15) is 23.1 Å². The number of hydrogen-bond acceptors (Lipinski definition) is 7. The molecule has 1 amide bonds.